The number of nitrogens with one attached hydrogen (secondary N) is 1. The first-order valence-corrected chi connectivity index (χ1v) is 10.8. The molecule has 31 heavy (non-hydrogen) atoms. The van der Waals surface area contributed by atoms with Crippen LogP contribution < -0.4 is 5.32 Å². The van der Waals surface area contributed by atoms with Gasteiger partial charge in [0.1, 0.15) is 23.1 Å². The molecule has 6 heteroatoms. The molecule has 0 aliphatic rings. The summed E-state index contributed by atoms with van der Waals surface area (Å²) in [6.07, 6.45) is 0. The molecule has 1 N–H and O–H groups in total. The topological polar surface area (TPSA) is 29.3 Å². The highest BCUT2D eigenvalue weighted by molar-refractivity contribution is 7.15. The number of aryl methyl sites for hydroxylation is 2. The lowest BCUT2D eigenvalue weighted by Gasteiger charge is -2.15. The molecule has 0 radical (unpaired) electrons. The summed E-state index contributed by atoms with van der Waals surface area (Å²) in [6, 6.07) is 19.8. The molecule has 0 fully saturated rings. The van der Waals surface area contributed by atoms with Crippen LogP contribution in [0.2, 0.25) is 0 Å². The third-order valence-electron chi connectivity index (χ3n) is 5.36. The molecule has 3 nitrogen and oxygen atoms in total. The second-order valence-corrected chi connectivity index (χ2v) is 8.24. The number of fused-ring (bicyclic) bond motifs is 1. The minimum atomic E-state index is -0.642. The Morgan fingerprint density at radius 1 is 0.839 bits per heavy atom. The highest BCUT2D eigenvalue weighted by atomic mass is 32.1. The van der Waals surface area contributed by atoms with Crippen LogP contribution in [0.4, 0.5) is 20.3 Å². The maximum atomic E-state index is 14.8. The summed E-state index contributed by atoms with van der Waals surface area (Å²) < 4.78 is 31.5. The maximum Gasteiger partial charge on any atom is 0.196 e. The van der Waals surface area contributed by atoms with E-state index in [2.05, 4.69) is 10.3 Å². The number of aromatic nitrogens is 2. The molecular formula is C25H19F2N3S. The summed E-state index contributed by atoms with van der Waals surface area (Å²) in [5.74, 6) is -0.746. The molecule has 0 amide bonds. The van der Waals surface area contributed by atoms with Crippen molar-refractivity contribution >= 4 is 27.8 Å². The Morgan fingerprint density at radius 2 is 1.48 bits per heavy atom. The summed E-state index contributed by atoms with van der Waals surface area (Å²) in [4.78, 5) is 5.30. The van der Waals surface area contributed by atoms with Gasteiger partial charge < -0.3 is 5.32 Å². The van der Waals surface area contributed by atoms with Crippen LogP contribution in [0.5, 0.6) is 0 Å². The molecule has 0 spiro atoms. The van der Waals surface area contributed by atoms with Crippen LogP contribution >= 0.6 is 11.3 Å². The normalized spacial score (nSPS) is 11.2. The number of imidazole rings is 1. The lowest BCUT2D eigenvalue weighted by atomic mass is 10.1. The summed E-state index contributed by atoms with van der Waals surface area (Å²) in [5.41, 5.74) is 4.99. The molecule has 5 rings (SSSR count). The van der Waals surface area contributed by atoms with Gasteiger partial charge in [0.15, 0.2) is 4.96 Å². The van der Waals surface area contributed by atoms with E-state index in [0.29, 0.717) is 10.8 Å². The number of para-hydroxylation sites is 1. The van der Waals surface area contributed by atoms with Crippen molar-refractivity contribution in [2.24, 2.45) is 0 Å². The number of thiazole rings is 1. The number of hydrogen-bond donors (Lipinski definition) is 1. The number of nitrogens with zero attached hydrogens (tertiary/aromatic N) is 2. The third-order valence-corrected chi connectivity index (χ3v) is 6.18. The minimum Gasteiger partial charge on any atom is -0.339 e. The van der Waals surface area contributed by atoms with E-state index in [-0.39, 0.29) is 11.3 Å². The molecule has 0 aliphatic heterocycles. The van der Waals surface area contributed by atoms with E-state index in [9.17, 15) is 8.78 Å². The first kappa shape index (κ1) is 19.5. The smallest absolute Gasteiger partial charge is 0.196 e. The molecule has 0 atom stereocenters. The fourth-order valence-electron chi connectivity index (χ4n) is 3.81. The van der Waals surface area contributed by atoms with Crippen molar-refractivity contribution in [3.63, 3.8) is 0 Å². The van der Waals surface area contributed by atoms with E-state index < -0.39 is 11.6 Å². The van der Waals surface area contributed by atoms with Gasteiger partial charge in [-0.15, -0.1) is 11.3 Å². The predicted molar refractivity (Wildman–Crippen MR) is 123 cm³/mol. The highest BCUT2D eigenvalue weighted by Gasteiger charge is 2.24. The molecule has 0 bridgehead atoms. The fourth-order valence-corrected chi connectivity index (χ4v) is 4.71. The first-order chi connectivity index (χ1) is 15.0. The molecule has 2 aromatic heterocycles. The van der Waals surface area contributed by atoms with E-state index in [1.165, 1.54) is 29.5 Å². The average molecular weight is 432 g/mol. The van der Waals surface area contributed by atoms with Gasteiger partial charge in [0.25, 0.3) is 0 Å². The van der Waals surface area contributed by atoms with Crippen molar-refractivity contribution in [2.75, 3.05) is 5.32 Å². The van der Waals surface area contributed by atoms with Gasteiger partial charge in [0.05, 0.1) is 11.3 Å². The van der Waals surface area contributed by atoms with E-state index in [1.54, 1.807) is 0 Å². The van der Waals surface area contributed by atoms with Crippen LogP contribution in [0.3, 0.4) is 0 Å². The molecule has 0 unspecified atom stereocenters. The molecule has 0 saturated heterocycles. The van der Waals surface area contributed by atoms with Gasteiger partial charge >= 0.3 is 0 Å². The number of hydrogen-bond acceptors (Lipinski definition) is 3. The molecule has 154 valence electrons. The Morgan fingerprint density at radius 3 is 2.16 bits per heavy atom. The largest absolute Gasteiger partial charge is 0.339 e. The van der Waals surface area contributed by atoms with Gasteiger partial charge in [0, 0.05) is 11.1 Å². The molecule has 5 aromatic rings. The second kappa shape index (κ2) is 7.63. The summed E-state index contributed by atoms with van der Waals surface area (Å²) in [5, 5.41) is 5.46. The fraction of sp³-hybridized carbons (Fsp3) is 0.0800. The van der Waals surface area contributed by atoms with E-state index in [4.69, 9.17) is 0 Å². The SMILES string of the molecule is Cc1cccc(C)c1Nc1c(-c2c(F)cccc2F)nc2scc(-c3ccccc3)n12. The Labute approximate surface area is 182 Å². The average Bonchev–Trinajstić information content (AvgIpc) is 3.31. The van der Waals surface area contributed by atoms with Crippen molar-refractivity contribution < 1.29 is 8.78 Å². The Balaban J connectivity index is 1.82. The van der Waals surface area contributed by atoms with Crippen LogP contribution in [0.15, 0.2) is 72.1 Å². The Hall–Kier alpha value is -3.51. The van der Waals surface area contributed by atoms with Crippen molar-refractivity contribution in [3.05, 3.63) is 94.9 Å². The lowest BCUT2D eigenvalue weighted by molar-refractivity contribution is 0.589. The maximum absolute atomic E-state index is 14.8. The zero-order chi connectivity index (χ0) is 21.5. The Bertz CT molecular complexity index is 1360. The Kier molecular flexibility index (Phi) is 4.79. The molecule has 3 aromatic carbocycles. The molecule has 0 aliphatic carbocycles. The number of benzene rings is 3. The van der Waals surface area contributed by atoms with Crippen LogP contribution in [0.25, 0.3) is 27.5 Å². The van der Waals surface area contributed by atoms with Gasteiger partial charge in [-0.3, -0.25) is 4.40 Å². The molecular weight excluding hydrogens is 412 g/mol. The van der Waals surface area contributed by atoms with E-state index >= 15 is 0 Å². The summed E-state index contributed by atoms with van der Waals surface area (Å²) in [7, 11) is 0. The monoisotopic (exact) mass is 431 g/mol. The van der Waals surface area contributed by atoms with Crippen LogP contribution in [0, 0.1) is 25.5 Å². The van der Waals surface area contributed by atoms with Crippen LogP contribution in [-0.4, -0.2) is 9.38 Å². The lowest BCUT2D eigenvalue weighted by Crippen LogP contribution is -2.02. The third kappa shape index (κ3) is 3.29. The summed E-state index contributed by atoms with van der Waals surface area (Å²) >= 11 is 1.44. The second-order valence-electron chi connectivity index (χ2n) is 7.40. The van der Waals surface area contributed by atoms with Crippen molar-refractivity contribution in [2.45, 2.75) is 13.8 Å². The molecule has 2 heterocycles. The van der Waals surface area contributed by atoms with E-state index in [1.807, 2.05) is 72.2 Å². The standard InChI is InChI=1S/C25H19F2N3S/c1-15-8-6-9-16(2)22(15)28-24-23(21-18(26)12-7-13-19(21)27)29-25-30(24)20(14-31-25)17-10-4-3-5-11-17/h3-14,28H,1-2H3. The minimum absolute atomic E-state index is 0.133. The van der Waals surface area contributed by atoms with Crippen molar-refractivity contribution in [1.82, 2.24) is 9.38 Å². The molecule has 0 saturated carbocycles. The van der Waals surface area contributed by atoms with Gasteiger partial charge in [0.2, 0.25) is 0 Å². The van der Waals surface area contributed by atoms with E-state index in [0.717, 1.165) is 28.1 Å². The van der Waals surface area contributed by atoms with Gasteiger partial charge in [-0.05, 0) is 42.7 Å². The van der Waals surface area contributed by atoms with Gasteiger partial charge in [-0.1, -0.05) is 54.6 Å². The zero-order valence-corrected chi connectivity index (χ0v) is 17.8. The zero-order valence-electron chi connectivity index (χ0n) is 17.0. The number of rotatable bonds is 4. The van der Waals surface area contributed by atoms with Crippen LogP contribution in [-0.2, 0) is 0 Å². The predicted octanol–water partition coefficient (Wildman–Crippen LogP) is 7.37. The highest BCUT2D eigenvalue weighted by Crippen LogP contribution is 2.40. The van der Waals surface area contributed by atoms with Crippen molar-refractivity contribution in [1.29, 1.82) is 0 Å². The van der Waals surface area contributed by atoms with Crippen LogP contribution in [0.1, 0.15) is 11.1 Å². The quantitative estimate of drug-likeness (QED) is 0.322. The number of anilines is 2. The summed E-state index contributed by atoms with van der Waals surface area (Å²) in [6.45, 7) is 4.01. The van der Waals surface area contributed by atoms with Gasteiger partial charge in [-0.2, -0.15) is 0 Å². The van der Waals surface area contributed by atoms with Crippen molar-refractivity contribution in [3.8, 4) is 22.5 Å². The first-order valence-electron chi connectivity index (χ1n) is 9.87. The number of halogens is 2. The van der Waals surface area contributed by atoms with Gasteiger partial charge in [-0.25, -0.2) is 13.8 Å².